The average Bonchev–Trinajstić information content (AvgIpc) is 3.19. The summed E-state index contributed by atoms with van der Waals surface area (Å²) in [5.74, 6) is 1.67. The molecule has 0 radical (unpaired) electrons. The largest absolute Gasteiger partial charge is 0.347 e. The van der Waals surface area contributed by atoms with Crippen molar-refractivity contribution in [3.63, 3.8) is 0 Å². The van der Waals surface area contributed by atoms with Crippen molar-refractivity contribution in [3.05, 3.63) is 53.1 Å². The van der Waals surface area contributed by atoms with E-state index in [2.05, 4.69) is 9.97 Å². The molecule has 1 aliphatic carbocycles. The first-order valence-corrected chi connectivity index (χ1v) is 8.67. The normalized spacial score (nSPS) is 27.0. The fourth-order valence-electron chi connectivity index (χ4n) is 3.70. The van der Waals surface area contributed by atoms with E-state index in [9.17, 15) is 4.79 Å². The van der Waals surface area contributed by atoms with Gasteiger partial charge in [0.15, 0.2) is 0 Å². The standard InChI is InChI=1S/C18H20ClN3O/c19-13-6-4-12(5-7-13)14-11-15(14)18(23)22-10-2-1-3-16(22)17-20-8-9-21-17/h4-9,14-16H,1-3,10-11H2,(H,20,21)/t14-,15-,16-/m1/s1. The number of nitrogens with zero attached hydrogens (tertiary/aromatic N) is 2. The van der Waals surface area contributed by atoms with Gasteiger partial charge >= 0.3 is 0 Å². The monoisotopic (exact) mass is 329 g/mol. The van der Waals surface area contributed by atoms with Crippen LogP contribution in [0.2, 0.25) is 5.02 Å². The van der Waals surface area contributed by atoms with E-state index in [1.807, 2.05) is 35.4 Å². The van der Waals surface area contributed by atoms with Crippen LogP contribution < -0.4 is 0 Å². The summed E-state index contributed by atoms with van der Waals surface area (Å²) in [5.41, 5.74) is 1.22. The highest BCUT2D eigenvalue weighted by Gasteiger charge is 2.47. The van der Waals surface area contributed by atoms with Crippen LogP contribution in [0.15, 0.2) is 36.7 Å². The Bertz CT molecular complexity index is 683. The van der Waals surface area contributed by atoms with E-state index in [0.29, 0.717) is 5.92 Å². The molecule has 1 aromatic heterocycles. The minimum Gasteiger partial charge on any atom is -0.347 e. The van der Waals surface area contributed by atoms with E-state index >= 15 is 0 Å². The van der Waals surface area contributed by atoms with Crippen molar-refractivity contribution >= 4 is 17.5 Å². The molecule has 0 spiro atoms. The number of carbonyl (C=O) groups excluding carboxylic acids is 1. The van der Waals surface area contributed by atoms with Crippen LogP contribution in [0.5, 0.6) is 0 Å². The molecule has 1 saturated heterocycles. The van der Waals surface area contributed by atoms with Gasteiger partial charge in [0.2, 0.25) is 5.91 Å². The van der Waals surface area contributed by atoms with Crippen molar-refractivity contribution in [1.29, 1.82) is 0 Å². The maximum atomic E-state index is 13.0. The fraction of sp³-hybridized carbons (Fsp3) is 0.444. The van der Waals surface area contributed by atoms with E-state index in [4.69, 9.17) is 11.6 Å². The number of hydrogen-bond acceptors (Lipinski definition) is 2. The molecule has 2 aliphatic rings. The Morgan fingerprint density at radius 3 is 2.83 bits per heavy atom. The Morgan fingerprint density at radius 2 is 2.09 bits per heavy atom. The van der Waals surface area contributed by atoms with Gasteiger partial charge in [0.05, 0.1) is 6.04 Å². The van der Waals surface area contributed by atoms with Crippen molar-refractivity contribution in [3.8, 4) is 0 Å². The van der Waals surface area contributed by atoms with E-state index in [-0.39, 0.29) is 17.9 Å². The third-order valence-corrected chi connectivity index (χ3v) is 5.28. The van der Waals surface area contributed by atoms with Crippen molar-refractivity contribution in [2.45, 2.75) is 37.6 Å². The summed E-state index contributed by atoms with van der Waals surface area (Å²) in [6, 6.07) is 8.01. The molecule has 2 heterocycles. The Kier molecular flexibility index (Phi) is 3.85. The Hall–Kier alpha value is -1.81. The van der Waals surface area contributed by atoms with Crippen molar-refractivity contribution in [1.82, 2.24) is 14.9 Å². The number of amides is 1. The zero-order valence-corrected chi connectivity index (χ0v) is 13.7. The van der Waals surface area contributed by atoms with Crippen molar-refractivity contribution in [2.75, 3.05) is 6.54 Å². The van der Waals surface area contributed by atoms with Gasteiger partial charge in [-0.3, -0.25) is 4.79 Å². The van der Waals surface area contributed by atoms with E-state index < -0.39 is 0 Å². The van der Waals surface area contributed by atoms with E-state index in [1.54, 1.807) is 6.20 Å². The zero-order valence-electron chi connectivity index (χ0n) is 12.9. The lowest BCUT2D eigenvalue weighted by molar-refractivity contribution is -0.136. The number of nitrogens with one attached hydrogen (secondary N) is 1. The molecule has 4 nitrogen and oxygen atoms in total. The number of halogens is 1. The second-order valence-corrected chi connectivity index (χ2v) is 6.95. The summed E-state index contributed by atoms with van der Waals surface area (Å²) >= 11 is 5.95. The average molecular weight is 330 g/mol. The van der Waals surface area contributed by atoms with Gasteiger partial charge in [0.1, 0.15) is 5.82 Å². The van der Waals surface area contributed by atoms with Gasteiger partial charge in [-0.1, -0.05) is 23.7 Å². The Morgan fingerprint density at radius 1 is 1.26 bits per heavy atom. The smallest absolute Gasteiger partial charge is 0.226 e. The van der Waals surface area contributed by atoms with Crippen LogP contribution >= 0.6 is 11.6 Å². The third kappa shape index (κ3) is 2.88. The molecule has 23 heavy (non-hydrogen) atoms. The van der Waals surface area contributed by atoms with Gasteiger partial charge in [-0.2, -0.15) is 0 Å². The second-order valence-electron chi connectivity index (χ2n) is 6.52. The van der Waals surface area contributed by atoms with Crippen LogP contribution in [0.1, 0.15) is 49.0 Å². The first-order valence-electron chi connectivity index (χ1n) is 8.29. The maximum absolute atomic E-state index is 13.0. The second kappa shape index (κ2) is 6.00. The van der Waals surface area contributed by atoms with Gasteiger partial charge in [0, 0.05) is 29.9 Å². The first-order chi connectivity index (χ1) is 11.2. The molecule has 1 N–H and O–H groups in total. The number of rotatable bonds is 3. The molecule has 1 amide bonds. The van der Waals surface area contributed by atoms with Gasteiger partial charge in [-0.25, -0.2) is 4.98 Å². The third-order valence-electron chi connectivity index (χ3n) is 5.03. The SMILES string of the molecule is O=C([C@@H]1C[C@@H]1c1ccc(Cl)cc1)N1CCCC[C@@H]1c1ncc[nH]1. The van der Waals surface area contributed by atoms with Crippen LogP contribution in [-0.4, -0.2) is 27.3 Å². The Balaban J connectivity index is 1.49. The summed E-state index contributed by atoms with van der Waals surface area (Å²) in [7, 11) is 0. The number of imidazole rings is 1. The minimum atomic E-state index is 0.109. The lowest BCUT2D eigenvalue weighted by Crippen LogP contribution is -2.40. The van der Waals surface area contributed by atoms with E-state index in [0.717, 1.165) is 43.1 Å². The van der Waals surface area contributed by atoms with E-state index in [1.165, 1.54) is 5.56 Å². The number of carbonyl (C=O) groups is 1. The quantitative estimate of drug-likeness (QED) is 0.927. The maximum Gasteiger partial charge on any atom is 0.226 e. The number of aromatic nitrogens is 2. The molecule has 2 aromatic rings. The first kappa shape index (κ1) is 14.8. The number of piperidine rings is 1. The number of aromatic amines is 1. The minimum absolute atomic E-state index is 0.109. The van der Waals surface area contributed by atoms with Crippen LogP contribution in [0.4, 0.5) is 0 Å². The summed E-state index contributed by atoms with van der Waals surface area (Å²) in [5, 5.41) is 0.742. The molecule has 3 atom stereocenters. The molecule has 0 unspecified atom stereocenters. The number of likely N-dealkylation sites (tertiary alicyclic amines) is 1. The van der Waals surface area contributed by atoms with Gasteiger partial charge in [-0.15, -0.1) is 0 Å². The highest BCUT2D eigenvalue weighted by atomic mass is 35.5. The van der Waals surface area contributed by atoms with Gasteiger partial charge in [-0.05, 0) is 49.3 Å². The molecule has 1 aliphatic heterocycles. The van der Waals surface area contributed by atoms with Crippen LogP contribution in [0.25, 0.3) is 0 Å². The molecule has 2 fully saturated rings. The molecule has 120 valence electrons. The fourth-order valence-corrected chi connectivity index (χ4v) is 3.82. The van der Waals surface area contributed by atoms with Crippen LogP contribution in [0.3, 0.4) is 0 Å². The summed E-state index contributed by atoms with van der Waals surface area (Å²) in [6.07, 6.45) is 7.78. The number of H-pyrrole nitrogens is 1. The molecular weight excluding hydrogens is 310 g/mol. The highest BCUT2D eigenvalue weighted by molar-refractivity contribution is 6.30. The topological polar surface area (TPSA) is 49.0 Å². The van der Waals surface area contributed by atoms with Crippen LogP contribution in [0, 0.1) is 5.92 Å². The van der Waals surface area contributed by atoms with Crippen molar-refractivity contribution < 1.29 is 4.79 Å². The Labute approximate surface area is 140 Å². The lowest BCUT2D eigenvalue weighted by Gasteiger charge is -2.35. The predicted molar refractivity (Wildman–Crippen MR) is 89.2 cm³/mol. The number of hydrogen-bond donors (Lipinski definition) is 1. The molecule has 1 aromatic carbocycles. The highest BCUT2D eigenvalue weighted by Crippen LogP contribution is 2.49. The molecule has 1 saturated carbocycles. The lowest BCUT2D eigenvalue weighted by atomic mass is 10.00. The molecule has 0 bridgehead atoms. The predicted octanol–water partition coefficient (Wildman–Crippen LogP) is 3.92. The van der Waals surface area contributed by atoms with Crippen molar-refractivity contribution in [2.24, 2.45) is 5.92 Å². The zero-order chi connectivity index (χ0) is 15.8. The molecule has 4 rings (SSSR count). The molecule has 5 heteroatoms. The van der Waals surface area contributed by atoms with Gasteiger partial charge in [0.25, 0.3) is 0 Å². The summed E-state index contributed by atoms with van der Waals surface area (Å²) in [4.78, 5) is 22.6. The van der Waals surface area contributed by atoms with Crippen LogP contribution in [-0.2, 0) is 4.79 Å². The summed E-state index contributed by atoms with van der Waals surface area (Å²) in [6.45, 7) is 0.841. The molecular formula is C18H20ClN3O. The summed E-state index contributed by atoms with van der Waals surface area (Å²) < 4.78 is 0. The number of benzene rings is 1. The van der Waals surface area contributed by atoms with Gasteiger partial charge < -0.3 is 9.88 Å².